The lowest BCUT2D eigenvalue weighted by Crippen LogP contribution is -2.44. The first-order valence-electron chi connectivity index (χ1n) is 6.07. The van der Waals surface area contributed by atoms with Crippen LogP contribution in [0.15, 0.2) is 30.3 Å². The molecular formula is C13H16N2O4. The summed E-state index contributed by atoms with van der Waals surface area (Å²) in [5.74, 6) is -1.52. The molecule has 0 bridgehead atoms. The van der Waals surface area contributed by atoms with E-state index in [0.717, 1.165) is 0 Å². The van der Waals surface area contributed by atoms with Gasteiger partial charge in [0.1, 0.15) is 0 Å². The number of aliphatic hydroxyl groups excluding tert-OH is 1. The van der Waals surface area contributed by atoms with Crippen LogP contribution in [0.2, 0.25) is 0 Å². The molecule has 1 fully saturated rings. The summed E-state index contributed by atoms with van der Waals surface area (Å²) < 4.78 is 0. The summed E-state index contributed by atoms with van der Waals surface area (Å²) in [7, 11) is 0. The summed E-state index contributed by atoms with van der Waals surface area (Å²) in [6.45, 7) is 0.348. The molecule has 1 aromatic rings. The Morgan fingerprint density at radius 1 is 1.32 bits per heavy atom. The van der Waals surface area contributed by atoms with Crippen LogP contribution in [0.1, 0.15) is 18.0 Å². The first-order valence-corrected chi connectivity index (χ1v) is 6.07. The average molecular weight is 264 g/mol. The van der Waals surface area contributed by atoms with E-state index < -0.39 is 30.1 Å². The minimum Gasteiger partial charge on any atom is -0.479 e. The zero-order valence-corrected chi connectivity index (χ0v) is 10.2. The highest BCUT2D eigenvalue weighted by atomic mass is 16.4. The molecule has 0 radical (unpaired) electrons. The highest BCUT2D eigenvalue weighted by Gasteiger charge is 2.31. The van der Waals surface area contributed by atoms with Gasteiger partial charge in [0.25, 0.3) is 0 Å². The molecule has 3 unspecified atom stereocenters. The van der Waals surface area contributed by atoms with Gasteiger partial charge in [0.2, 0.25) is 5.91 Å². The summed E-state index contributed by atoms with van der Waals surface area (Å²) >= 11 is 0. The average Bonchev–Trinajstić information content (AvgIpc) is 2.83. The third kappa shape index (κ3) is 3.30. The molecule has 1 aromatic carbocycles. The van der Waals surface area contributed by atoms with Gasteiger partial charge in [0.15, 0.2) is 6.04 Å². The molecule has 0 spiro atoms. The lowest BCUT2D eigenvalue weighted by atomic mass is 10.1. The number of aliphatic carboxylic acids is 1. The van der Waals surface area contributed by atoms with Gasteiger partial charge >= 0.3 is 5.97 Å². The van der Waals surface area contributed by atoms with Crippen LogP contribution >= 0.6 is 0 Å². The van der Waals surface area contributed by atoms with Crippen LogP contribution in [0, 0.1) is 0 Å². The van der Waals surface area contributed by atoms with Crippen LogP contribution in [0.5, 0.6) is 0 Å². The van der Waals surface area contributed by atoms with E-state index in [1.54, 1.807) is 30.3 Å². The van der Waals surface area contributed by atoms with Gasteiger partial charge in [-0.05, 0) is 12.0 Å². The van der Waals surface area contributed by atoms with E-state index in [1.807, 2.05) is 0 Å². The maximum atomic E-state index is 11.9. The monoisotopic (exact) mass is 264 g/mol. The Balaban J connectivity index is 2.05. The van der Waals surface area contributed by atoms with Gasteiger partial charge in [-0.15, -0.1) is 0 Å². The smallest absolute Gasteiger partial charge is 0.330 e. The number of nitrogens with one attached hydrogen (secondary N) is 2. The highest BCUT2D eigenvalue weighted by Crippen LogP contribution is 2.14. The van der Waals surface area contributed by atoms with E-state index in [4.69, 9.17) is 0 Å². The zero-order valence-electron chi connectivity index (χ0n) is 10.2. The number of carbonyl (C=O) groups excluding carboxylic acids is 1. The van der Waals surface area contributed by atoms with Gasteiger partial charge in [-0.1, -0.05) is 30.3 Å². The van der Waals surface area contributed by atoms with Crippen molar-refractivity contribution in [1.29, 1.82) is 0 Å². The summed E-state index contributed by atoms with van der Waals surface area (Å²) in [6, 6.07) is 6.89. The van der Waals surface area contributed by atoms with Gasteiger partial charge < -0.3 is 20.8 Å². The van der Waals surface area contributed by atoms with Crippen LogP contribution in [0.4, 0.5) is 0 Å². The van der Waals surface area contributed by atoms with E-state index in [9.17, 15) is 19.8 Å². The Labute approximate surface area is 110 Å². The van der Waals surface area contributed by atoms with Crippen molar-refractivity contribution in [2.24, 2.45) is 0 Å². The number of benzene rings is 1. The molecule has 0 aromatic heterocycles. The largest absolute Gasteiger partial charge is 0.479 e. The van der Waals surface area contributed by atoms with Crippen molar-refractivity contribution in [2.45, 2.75) is 24.6 Å². The van der Waals surface area contributed by atoms with Gasteiger partial charge in [-0.2, -0.15) is 0 Å². The van der Waals surface area contributed by atoms with E-state index >= 15 is 0 Å². The number of hydrogen-bond acceptors (Lipinski definition) is 4. The molecule has 0 aliphatic carbocycles. The molecule has 19 heavy (non-hydrogen) atoms. The van der Waals surface area contributed by atoms with Crippen molar-refractivity contribution >= 4 is 11.9 Å². The number of rotatable bonds is 4. The van der Waals surface area contributed by atoms with Crippen LogP contribution < -0.4 is 10.6 Å². The fraction of sp³-hybridized carbons (Fsp3) is 0.385. The molecule has 102 valence electrons. The van der Waals surface area contributed by atoms with Crippen molar-refractivity contribution in [3.63, 3.8) is 0 Å². The van der Waals surface area contributed by atoms with Gasteiger partial charge in [0.05, 0.1) is 12.1 Å². The van der Waals surface area contributed by atoms with Crippen molar-refractivity contribution in [3.8, 4) is 0 Å². The lowest BCUT2D eigenvalue weighted by molar-refractivity contribution is -0.142. The number of carboxylic acid groups (broad SMARTS) is 1. The van der Waals surface area contributed by atoms with Crippen molar-refractivity contribution in [3.05, 3.63) is 35.9 Å². The summed E-state index contributed by atoms with van der Waals surface area (Å²) in [4.78, 5) is 23.2. The normalized spacial score (nSPS) is 23.8. The van der Waals surface area contributed by atoms with Gasteiger partial charge in [-0.25, -0.2) is 4.79 Å². The molecule has 0 saturated carbocycles. The number of carboxylic acids is 1. The minimum atomic E-state index is -1.11. The number of β-amino-alcohol motifs (C(OH)–C–C–N with tert-alkyl or cyclic N) is 1. The molecule has 1 heterocycles. The van der Waals surface area contributed by atoms with E-state index in [1.165, 1.54) is 0 Å². The zero-order chi connectivity index (χ0) is 13.8. The molecule has 1 aliphatic heterocycles. The Morgan fingerprint density at radius 3 is 2.53 bits per heavy atom. The predicted molar refractivity (Wildman–Crippen MR) is 67.4 cm³/mol. The second-order valence-corrected chi connectivity index (χ2v) is 4.54. The summed E-state index contributed by atoms with van der Waals surface area (Å²) in [5.41, 5.74) is 0.516. The SMILES string of the molecule is O=C(NC(C(=O)O)c1ccccc1)C1CC(O)CN1. The van der Waals surface area contributed by atoms with Gasteiger partial charge in [-0.3, -0.25) is 4.79 Å². The number of carbonyl (C=O) groups is 2. The van der Waals surface area contributed by atoms with Crippen LogP contribution in [0.3, 0.4) is 0 Å². The highest BCUT2D eigenvalue weighted by molar-refractivity contribution is 5.87. The topological polar surface area (TPSA) is 98.7 Å². The van der Waals surface area contributed by atoms with Crippen molar-refractivity contribution in [2.75, 3.05) is 6.54 Å². The van der Waals surface area contributed by atoms with E-state index in [0.29, 0.717) is 18.5 Å². The third-order valence-electron chi connectivity index (χ3n) is 3.09. The van der Waals surface area contributed by atoms with E-state index in [2.05, 4.69) is 10.6 Å². The number of aliphatic hydroxyl groups is 1. The van der Waals surface area contributed by atoms with Crippen LogP contribution in [-0.4, -0.2) is 40.8 Å². The Bertz CT molecular complexity index is 463. The van der Waals surface area contributed by atoms with Gasteiger partial charge in [0, 0.05) is 6.54 Å². The van der Waals surface area contributed by atoms with Crippen LogP contribution in [0.25, 0.3) is 0 Å². The Kier molecular flexibility index (Phi) is 4.13. The summed E-state index contributed by atoms with van der Waals surface area (Å²) in [6.07, 6.45) is -0.261. The fourth-order valence-corrected chi connectivity index (χ4v) is 2.09. The summed E-state index contributed by atoms with van der Waals surface area (Å²) in [5, 5.41) is 23.9. The number of hydrogen-bond donors (Lipinski definition) is 4. The Hall–Kier alpha value is -1.92. The van der Waals surface area contributed by atoms with Crippen molar-refractivity contribution in [1.82, 2.24) is 10.6 Å². The second-order valence-electron chi connectivity index (χ2n) is 4.54. The predicted octanol–water partition coefficient (Wildman–Crippen LogP) is -0.349. The molecule has 3 atom stereocenters. The Morgan fingerprint density at radius 2 is 2.00 bits per heavy atom. The standard InChI is InChI=1S/C13H16N2O4/c16-9-6-10(14-7-9)12(17)15-11(13(18)19)8-4-2-1-3-5-8/h1-5,9-11,14,16H,6-7H2,(H,15,17)(H,18,19). The maximum absolute atomic E-state index is 11.9. The molecule has 1 saturated heterocycles. The quantitative estimate of drug-likeness (QED) is 0.596. The lowest BCUT2D eigenvalue weighted by Gasteiger charge is -2.17. The third-order valence-corrected chi connectivity index (χ3v) is 3.09. The molecular weight excluding hydrogens is 248 g/mol. The molecule has 1 amide bonds. The molecule has 6 heteroatoms. The van der Waals surface area contributed by atoms with Crippen LogP contribution in [-0.2, 0) is 9.59 Å². The number of amides is 1. The second kappa shape index (κ2) is 5.81. The first-order chi connectivity index (χ1) is 9.08. The molecule has 4 N–H and O–H groups in total. The molecule has 1 aliphatic rings. The molecule has 6 nitrogen and oxygen atoms in total. The fourth-order valence-electron chi connectivity index (χ4n) is 2.09. The van der Waals surface area contributed by atoms with E-state index in [-0.39, 0.29) is 0 Å². The maximum Gasteiger partial charge on any atom is 0.330 e. The minimum absolute atomic E-state index is 0.299. The molecule has 2 rings (SSSR count). The first kappa shape index (κ1) is 13.5. The van der Waals surface area contributed by atoms with Crippen molar-refractivity contribution < 1.29 is 19.8 Å².